The summed E-state index contributed by atoms with van der Waals surface area (Å²) in [4.78, 5) is 7.55. The Balaban J connectivity index is 1.23. The number of alkyl halides is 3. The molecule has 0 amide bonds. The number of sulfone groups is 1. The Bertz CT molecular complexity index is 1320. The minimum Gasteiger partial charge on any atom is -0.487 e. The molecule has 0 N–H and O–H groups in total. The van der Waals surface area contributed by atoms with Crippen molar-refractivity contribution in [3.63, 3.8) is 0 Å². The topological polar surface area (TPSA) is 59.5 Å². The molecule has 1 aromatic heterocycles. The molecule has 36 heavy (non-hydrogen) atoms. The van der Waals surface area contributed by atoms with Crippen LogP contribution in [0.3, 0.4) is 0 Å². The average Bonchev–Trinajstić information content (AvgIpc) is 3.27. The van der Waals surface area contributed by atoms with E-state index in [1.807, 2.05) is 42.5 Å². The number of aromatic nitrogens is 1. The first kappa shape index (κ1) is 26.3. The SMILES string of the molecule is O=S(=O)(Cc1ccccc1)Cc1ncc(-c2ccc3c(c2)CCC2(CCN(CC(Cl)(Cl)Cl)CC2)O3)s1. The van der Waals surface area contributed by atoms with Crippen molar-refractivity contribution in [1.82, 2.24) is 9.88 Å². The number of piperidine rings is 1. The zero-order chi connectivity index (χ0) is 25.4. The second kappa shape index (κ2) is 10.4. The van der Waals surface area contributed by atoms with Crippen LogP contribution in [0.1, 0.15) is 35.4 Å². The molecule has 5 nitrogen and oxygen atoms in total. The first-order valence-electron chi connectivity index (χ1n) is 11.9. The number of nitrogens with zero attached hydrogens (tertiary/aromatic N) is 2. The summed E-state index contributed by atoms with van der Waals surface area (Å²) in [6.45, 7) is 2.12. The lowest BCUT2D eigenvalue weighted by Crippen LogP contribution is -2.51. The Morgan fingerprint density at radius 3 is 2.50 bits per heavy atom. The van der Waals surface area contributed by atoms with Gasteiger partial charge in [0.15, 0.2) is 9.84 Å². The second-order valence-corrected chi connectivity index (χ2v) is 15.3. The first-order chi connectivity index (χ1) is 17.1. The van der Waals surface area contributed by atoms with E-state index in [0.29, 0.717) is 11.6 Å². The number of ether oxygens (including phenoxy) is 1. The van der Waals surface area contributed by atoms with E-state index in [-0.39, 0.29) is 17.1 Å². The van der Waals surface area contributed by atoms with Crippen molar-refractivity contribution < 1.29 is 13.2 Å². The fourth-order valence-corrected chi connectivity index (χ4v) is 8.22. The van der Waals surface area contributed by atoms with Gasteiger partial charge in [-0.2, -0.15) is 0 Å². The van der Waals surface area contributed by atoms with E-state index in [1.165, 1.54) is 16.9 Å². The average molecular weight is 586 g/mol. The molecular formula is C26H27Cl3N2O3S2. The maximum absolute atomic E-state index is 12.7. The summed E-state index contributed by atoms with van der Waals surface area (Å²) in [6.07, 6.45) is 5.47. The Morgan fingerprint density at radius 2 is 1.78 bits per heavy atom. The van der Waals surface area contributed by atoms with E-state index in [1.54, 1.807) is 6.20 Å². The van der Waals surface area contributed by atoms with Gasteiger partial charge in [-0.25, -0.2) is 13.4 Å². The maximum atomic E-state index is 12.7. The van der Waals surface area contributed by atoms with Crippen molar-refractivity contribution in [3.05, 3.63) is 70.9 Å². The second-order valence-electron chi connectivity index (χ2n) is 9.63. The quantitative estimate of drug-likeness (QED) is 0.311. The van der Waals surface area contributed by atoms with Gasteiger partial charge in [0.05, 0.1) is 10.6 Å². The smallest absolute Gasteiger partial charge is 0.203 e. The van der Waals surface area contributed by atoms with Crippen LogP contribution in [0.25, 0.3) is 10.4 Å². The molecule has 1 spiro atoms. The Morgan fingerprint density at radius 1 is 1.03 bits per heavy atom. The zero-order valence-electron chi connectivity index (χ0n) is 19.6. The van der Waals surface area contributed by atoms with Gasteiger partial charge in [-0.05, 0) is 60.6 Å². The van der Waals surface area contributed by atoms with Crippen LogP contribution in [-0.4, -0.2) is 47.3 Å². The van der Waals surface area contributed by atoms with Crippen molar-refractivity contribution in [2.24, 2.45) is 0 Å². The summed E-state index contributed by atoms with van der Waals surface area (Å²) in [6, 6.07) is 15.5. The summed E-state index contributed by atoms with van der Waals surface area (Å²) in [5, 5.41) is 0.607. The van der Waals surface area contributed by atoms with Crippen LogP contribution in [0.2, 0.25) is 0 Å². The zero-order valence-corrected chi connectivity index (χ0v) is 23.5. The highest BCUT2D eigenvalue weighted by Crippen LogP contribution is 2.42. The number of thiazole rings is 1. The summed E-state index contributed by atoms with van der Waals surface area (Å²) in [7, 11) is -3.30. The molecule has 192 valence electrons. The Hall–Kier alpha value is -1.35. The van der Waals surface area contributed by atoms with Crippen molar-refractivity contribution >= 4 is 56.0 Å². The molecule has 2 aromatic carbocycles. The van der Waals surface area contributed by atoms with Gasteiger partial charge in [-0.3, -0.25) is 4.90 Å². The summed E-state index contributed by atoms with van der Waals surface area (Å²) in [5.41, 5.74) is 2.84. The van der Waals surface area contributed by atoms with Gasteiger partial charge in [-0.1, -0.05) is 65.1 Å². The highest BCUT2D eigenvalue weighted by molar-refractivity contribution is 7.90. The largest absolute Gasteiger partial charge is 0.487 e. The van der Waals surface area contributed by atoms with Crippen LogP contribution in [-0.2, 0) is 27.8 Å². The summed E-state index contributed by atoms with van der Waals surface area (Å²) >= 11 is 19.3. The molecule has 2 aliphatic rings. The monoisotopic (exact) mass is 584 g/mol. The van der Waals surface area contributed by atoms with E-state index in [0.717, 1.165) is 60.5 Å². The van der Waals surface area contributed by atoms with Gasteiger partial charge in [-0.15, -0.1) is 11.3 Å². The van der Waals surface area contributed by atoms with Gasteiger partial charge in [0.25, 0.3) is 0 Å². The third-order valence-electron chi connectivity index (χ3n) is 6.82. The van der Waals surface area contributed by atoms with Gasteiger partial charge < -0.3 is 4.74 Å². The molecule has 1 fully saturated rings. The molecule has 2 aliphatic heterocycles. The molecule has 0 aliphatic carbocycles. The fourth-order valence-electron chi connectivity index (χ4n) is 4.98. The van der Waals surface area contributed by atoms with Crippen molar-refractivity contribution in [1.29, 1.82) is 0 Å². The van der Waals surface area contributed by atoms with E-state index in [4.69, 9.17) is 39.5 Å². The molecule has 5 rings (SSSR count). The molecule has 3 heterocycles. The first-order valence-corrected chi connectivity index (χ1v) is 15.7. The lowest BCUT2D eigenvalue weighted by molar-refractivity contribution is -0.0139. The normalized spacial score (nSPS) is 18.1. The van der Waals surface area contributed by atoms with Crippen molar-refractivity contribution in [2.45, 2.75) is 46.6 Å². The standard InChI is InChI=1S/C26H27Cl3N2O3S2/c27-26(28,29)18-31-12-10-25(11-13-31)9-8-20-14-21(6-7-22(20)34-25)23-15-30-24(35-23)17-36(32,33)16-19-4-2-1-3-5-19/h1-7,14-15H,8-13,16-18H2. The molecule has 0 saturated carbocycles. The van der Waals surface area contributed by atoms with E-state index >= 15 is 0 Å². The van der Waals surface area contributed by atoms with Gasteiger partial charge in [0.1, 0.15) is 22.1 Å². The number of rotatable bonds is 6. The molecule has 0 atom stereocenters. The lowest BCUT2D eigenvalue weighted by atomic mass is 9.83. The highest BCUT2D eigenvalue weighted by Gasteiger charge is 2.40. The maximum Gasteiger partial charge on any atom is 0.203 e. The predicted octanol–water partition coefficient (Wildman–Crippen LogP) is 6.45. The number of hydrogen-bond donors (Lipinski definition) is 0. The molecule has 3 aromatic rings. The van der Waals surface area contributed by atoms with E-state index < -0.39 is 13.6 Å². The van der Waals surface area contributed by atoms with Crippen molar-refractivity contribution in [2.75, 3.05) is 19.6 Å². The van der Waals surface area contributed by atoms with E-state index in [9.17, 15) is 8.42 Å². The van der Waals surface area contributed by atoms with Gasteiger partial charge in [0, 0.05) is 25.8 Å². The third-order valence-corrected chi connectivity index (χ3v) is 9.89. The van der Waals surface area contributed by atoms with Gasteiger partial charge >= 0.3 is 0 Å². The molecule has 10 heteroatoms. The summed E-state index contributed by atoms with van der Waals surface area (Å²) < 4.78 is 30.6. The fraction of sp³-hybridized carbons (Fsp3) is 0.423. The molecule has 0 bridgehead atoms. The number of aryl methyl sites for hydroxylation is 1. The lowest BCUT2D eigenvalue weighted by Gasteiger charge is -2.45. The number of benzene rings is 2. The number of halogens is 3. The summed E-state index contributed by atoms with van der Waals surface area (Å²) in [5.74, 6) is 0.886. The Labute approximate surface area is 231 Å². The molecule has 1 saturated heterocycles. The minimum absolute atomic E-state index is 0.0168. The predicted molar refractivity (Wildman–Crippen MR) is 148 cm³/mol. The van der Waals surface area contributed by atoms with Crippen LogP contribution in [0.15, 0.2) is 54.7 Å². The Kier molecular flexibility index (Phi) is 7.61. The van der Waals surface area contributed by atoms with E-state index in [2.05, 4.69) is 16.0 Å². The van der Waals surface area contributed by atoms with Crippen LogP contribution in [0.4, 0.5) is 0 Å². The van der Waals surface area contributed by atoms with Crippen LogP contribution in [0.5, 0.6) is 5.75 Å². The van der Waals surface area contributed by atoms with Crippen LogP contribution >= 0.6 is 46.1 Å². The molecule has 0 unspecified atom stereocenters. The van der Waals surface area contributed by atoms with Crippen LogP contribution in [0, 0.1) is 0 Å². The van der Waals surface area contributed by atoms with Crippen LogP contribution < -0.4 is 4.74 Å². The third kappa shape index (κ3) is 6.55. The van der Waals surface area contributed by atoms with Gasteiger partial charge in [0.2, 0.25) is 3.79 Å². The molecule has 0 radical (unpaired) electrons. The number of likely N-dealkylation sites (tertiary alicyclic amines) is 1. The highest BCUT2D eigenvalue weighted by atomic mass is 35.6. The minimum atomic E-state index is -3.30. The van der Waals surface area contributed by atoms with Crippen molar-refractivity contribution in [3.8, 4) is 16.2 Å². The number of fused-ring (bicyclic) bond motifs is 1. The number of hydrogen-bond acceptors (Lipinski definition) is 6. The molecular weight excluding hydrogens is 559 g/mol.